The molecule has 1 unspecified atom stereocenters. The fourth-order valence-corrected chi connectivity index (χ4v) is 4.22. The molecular weight excluding hydrogens is 300 g/mol. The molecule has 6 heteroatoms. The van der Waals surface area contributed by atoms with Gasteiger partial charge < -0.3 is 10.1 Å². The Bertz CT molecular complexity index is 557. The second-order valence-electron chi connectivity index (χ2n) is 5.44. The molecule has 0 saturated carbocycles. The molecule has 1 aromatic rings. The van der Waals surface area contributed by atoms with E-state index >= 15 is 0 Å². The molecule has 1 aromatic carbocycles. The maximum Gasteiger partial charge on any atom is 0.217 e. The van der Waals surface area contributed by atoms with Gasteiger partial charge in [0.1, 0.15) is 0 Å². The molecule has 2 rings (SSSR count). The van der Waals surface area contributed by atoms with Gasteiger partial charge in [0, 0.05) is 26.2 Å². The molecule has 0 aromatic heterocycles. The van der Waals surface area contributed by atoms with Crippen molar-refractivity contribution in [3.63, 3.8) is 0 Å². The Labute approximate surface area is 133 Å². The highest BCUT2D eigenvalue weighted by molar-refractivity contribution is 7.89. The van der Waals surface area contributed by atoms with E-state index in [9.17, 15) is 8.42 Å². The molecular formula is C16H26N2O3S. The highest BCUT2D eigenvalue weighted by atomic mass is 32.2. The van der Waals surface area contributed by atoms with E-state index in [-0.39, 0.29) is 18.4 Å². The second kappa shape index (κ2) is 8.06. The second-order valence-corrected chi connectivity index (χ2v) is 7.48. The predicted molar refractivity (Wildman–Crippen MR) is 88.4 cm³/mol. The van der Waals surface area contributed by atoms with Crippen molar-refractivity contribution in [1.82, 2.24) is 9.62 Å². The third kappa shape index (κ3) is 4.29. The lowest BCUT2D eigenvalue weighted by Crippen LogP contribution is -2.49. The standard InChI is InChI=1S/C16H26N2O3S/c1-3-14-5-7-15(8-6-14)16-13-17-9-10-18(16)22(19,20)12-11-21-4-2/h5-8,16-17H,3-4,9-13H2,1-2H3. The first-order chi connectivity index (χ1) is 10.6. The van der Waals surface area contributed by atoms with Gasteiger partial charge in [-0.3, -0.25) is 0 Å². The van der Waals surface area contributed by atoms with Crippen molar-refractivity contribution in [2.24, 2.45) is 0 Å². The van der Waals surface area contributed by atoms with E-state index in [0.717, 1.165) is 12.0 Å². The molecule has 0 aliphatic carbocycles. The van der Waals surface area contributed by atoms with Crippen LogP contribution in [-0.2, 0) is 21.2 Å². The summed E-state index contributed by atoms with van der Waals surface area (Å²) >= 11 is 0. The average Bonchev–Trinajstić information content (AvgIpc) is 2.55. The lowest BCUT2D eigenvalue weighted by molar-refractivity contribution is 0.161. The van der Waals surface area contributed by atoms with Crippen LogP contribution in [0.1, 0.15) is 31.0 Å². The average molecular weight is 326 g/mol. The number of benzene rings is 1. The molecule has 5 nitrogen and oxygen atoms in total. The van der Waals surface area contributed by atoms with Crippen LogP contribution >= 0.6 is 0 Å². The Morgan fingerprint density at radius 2 is 2.00 bits per heavy atom. The van der Waals surface area contributed by atoms with Gasteiger partial charge in [0.05, 0.1) is 18.4 Å². The number of aryl methyl sites for hydroxylation is 1. The van der Waals surface area contributed by atoms with Gasteiger partial charge in [0.2, 0.25) is 10.0 Å². The molecule has 1 N–H and O–H groups in total. The fourth-order valence-electron chi connectivity index (χ4n) is 2.70. The summed E-state index contributed by atoms with van der Waals surface area (Å²) in [4.78, 5) is 0. The highest BCUT2D eigenvalue weighted by Crippen LogP contribution is 2.25. The van der Waals surface area contributed by atoms with Crippen LogP contribution in [0.2, 0.25) is 0 Å². The van der Waals surface area contributed by atoms with E-state index < -0.39 is 10.0 Å². The summed E-state index contributed by atoms with van der Waals surface area (Å²) in [5.74, 6) is 0.0460. The van der Waals surface area contributed by atoms with Crippen molar-refractivity contribution in [2.45, 2.75) is 26.3 Å². The Morgan fingerprint density at radius 3 is 2.64 bits per heavy atom. The van der Waals surface area contributed by atoms with Crippen molar-refractivity contribution >= 4 is 10.0 Å². The van der Waals surface area contributed by atoms with E-state index in [2.05, 4.69) is 24.4 Å². The number of hydrogen-bond donors (Lipinski definition) is 1. The van der Waals surface area contributed by atoms with Crippen LogP contribution in [0.4, 0.5) is 0 Å². The van der Waals surface area contributed by atoms with E-state index in [4.69, 9.17) is 4.74 Å². The highest BCUT2D eigenvalue weighted by Gasteiger charge is 2.32. The number of ether oxygens (including phenoxy) is 1. The van der Waals surface area contributed by atoms with Gasteiger partial charge >= 0.3 is 0 Å². The van der Waals surface area contributed by atoms with Gasteiger partial charge in [-0.25, -0.2) is 8.42 Å². The minimum atomic E-state index is -3.30. The van der Waals surface area contributed by atoms with Crippen LogP contribution in [0.3, 0.4) is 0 Å². The topological polar surface area (TPSA) is 58.6 Å². The quantitative estimate of drug-likeness (QED) is 0.773. The fraction of sp³-hybridized carbons (Fsp3) is 0.625. The summed E-state index contributed by atoms with van der Waals surface area (Å²) in [5.41, 5.74) is 2.31. The number of piperazine rings is 1. The largest absolute Gasteiger partial charge is 0.381 e. The predicted octanol–water partition coefficient (Wildman–Crippen LogP) is 1.56. The van der Waals surface area contributed by atoms with Gasteiger partial charge in [-0.1, -0.05) is 31.2 Å². The van der Waals surface area contributed by atoms with Crippen molar-refractivity contribution in [1.29, 1.82) is 0 Å². The smallest absolute Gasteiger partial charge is 0.217 e. The summed E-state index contributed by atoms with van der Waals surface area (Å²) in [5, 5.41) is 3.29. The number of nitrogens with one attached hydrogen (secondary N) is 1. The minimum absolute atomic E-state index is 0.0460. The van der Waals surface area contributed by atoms with Gasteiger partial charge in [-0.15, -0.1) is 0 Å². The third-order valence-electron chi connectivity index (χ3n) is 4.01. The molecule has 0 bridgehead atoms. The number of sulfonamides is 1. The van der Waals surface area contributed by atoms with Crippen LogP contribution in [0.25, 0.3) is 0 Å². The van der Waals surface area contributed by atoms with Gasteiger partial charge in [0.25, 0.3) is 0 Å². The lowest BCUT2D eigenvalue weighted by atomic mass is 10.0. The molecule has 0 amide bonds. The molecule has 1 fully saturated rings. The molecule has 1 aliphatic heterocycles. The number of rotatable bonds is 7. The van der Waals surface area contributed by atoms with Crippen molar-refractivity contribution in [3.05, 3.63) is 35.4 Å². The van der Waals surface area contributed by atoms with Crippen LogP contribution in [0.15, 0.2) is 24.3 Å². The van der Waals surface area contributed by atoms with Gasteiger partial charge in [0.15, 0.2) is 0 Å². The molecule has 1 aliphatic rings. The first kappa shape index (κ1) is 17.4. The van der Waals surface area contributed by atoms with Crippen LogP contribution in [-0.4, -0.2) is 51.3 Å². The summed E-state index contributed by atoms with van der Waals surface area (Å²) in [6.07, 6.45) is 0.986. The summed E-state index contributed by atoms with van der Waals surface area (Å²) < 4.78 is 32.0. The summed E-state index contributed by atoms with van der Waals surface area (Å²) in [6.45, 7) is 6.63. The van der Waals surface area contributed by atoms with E-state index in [1.807, 2.05) is 19.1 Å². The Hall–Kier alpha value is -0.950. The zero-order valence-electron chi connectivity index (χ0n) is 13.4. The molecule has 1 atom stereocenters. The summed E-state index contributed by atoms with van der Waals surface area (Å²) in [6, 6.07) is 8.11. The Kier molecular flexibility index (Phi) is 6.37. The molecule has 124 valence electrons. The van der Waals surface area contributed by atoms with Crippen molar-refractivity contribution < 1.29 is 13.2 Å². The maximum atomic E-state index is 12.6. The summed E-state index contributed by atoms with van der Waals surface area (Å²) in [7, 11) is -3.30. The zero-order valence-corrected chi connectivity index (χ0v) is 14.2. The zero-order chi connectivity index (χ0) is 16.0. The molecule has 1 heterocycles. The first-order valence-corrected chi connectivity index (χ1v) is 9.56. The Balaban J connectivity index is 2.16. The molecule has 0 spiro atoms. The monoisotopic (exact) mass is 326 g/mol. The number of nitrogens with zero attached hydrogens (tertiary/aromatic N) is 1. The van der Waals surface area contributed by atoms with Crippen LogP contribution in [0.5, 0.6) is 0 Å². The van der Waals surface area contributed by atoms with Gasteiger partial charge in [-0.2, -0.15) is 4.31 Å². The van der Waals surface area contributed by atoms with Crippen molar-refractivity contribution in [3.8, 4) is 0 Å². The third-order valence-corrected chi connectivity index (χ3v) is 5.85. The maximum absolute atomic E-state index is 12.6. The first-order valence-electron chi connectivity index (χ1n) is 7.95. The van der Waals surface area contributed by atoms with E-state index in [0.29, 0.717) is 26.2 Å². The molecule has 1 saturated heterocycles. The Morgan fingerprint density at radius 1 is 1.27 bits per heavy atom. The van der Waals surface area contributed by atoms with Crippen molar-refractivity contribution in [2.75, 3.05) is 38.6 Å². The van der Waals surface area contributed by atoms with Crippen LogP contribution < -0.4 is 5.32 Å². The van der Waals surface area contributed by atoms with Gasteiger partial charge in [-0.05, 0) is 24.5 Å². The minimum Gasteiger partial charge on any atom is -0.381 e. The molecule has 22 heavy (non-hydrogen) atoms. The normalized spacial score (nSPS) is 20.2. The van der Waals surface area contributed by atoms with Crippen LogP contribution in [0, 0.1) is 0 Å². The van der Waals surface area contributed by atoms with E-state index in [1.54, 1.807) is 4.31 Å². The lowest BCUT2D eigenvalue weighted by Gasteiger charge is -2.35. The number of hydrogen-bond acceptors (Lipinski definition) is 4. The SMILES string of the molecule is CCOCCS(=O)(=O)N1CCNCC1c1ccc(CC)cc1. The molecule has 0 radical (unpaired) electrons. The van der Waals surface area contributed by atoms with E-state index in [1.165, 1.54) is 5.56 Å².